The molecule has 29 heavy (non-hydrogen) atoms. The van der Waals surface area contributed by atoms with Crippen LogP contribution in [-0.2, 0) is 10.8 Å². The van der Waals surface area contributed by atoms with E-state index in [-0.39, 0.29) is 33.5 Å². The number of fused-ring (bicyclic) bond motifs is 1. The van der Waals surface area contributed by atoms with Crippen LogP contribution >= 0.6 is 0 Å². The van der Waals surface area contributed by atoms with Crippen molar-refractivity contribution in [2.24, 2.45) is 0 Å². The van der Waals surface area contributed by atoms with E-state index in [1.165, 1.54) is 6.20 Å². The Morgan fingerprint density at radius 1 is 0.966 bits per heavy atom. The minimum atomic E-state index is -0.266. The number of para-hydroxylation sites is 1. The van der Waals surface area contributed by atoms with E-state index in [1.807, 2.05) is 39.0 Å². The lowest BCUT2D eigenvalue weighted by Gasteiger charge is -2.25. The van der Waals surface area contributed by atoms with Crippen LogP contribution in [0.15, 0.2) is 47.4 Å². The van der Waals surface area contributed by atoms with Gasteiger partial charge in [0.1, 0.15) is 5.75 Å². The zero-order valence-corrected chi connectivity index (χ0v) is 17.8. The van der Waals surface area contributed by atoms with Crippen molar-refractivity contribution < 1.29 is 15.2 Å². The van der Waals surface area contributed by atoms with E-state index in [1.54, 1.807) is 18.2 Å². The monoisotopic (exact) mass is 393 g/mol. The van der Waals surface area contributed by atoms with Crippen molar-refractivity contribution in [1.82, 2.24) is 4.98 Å². The van der Waals surface area contributed by atoms with Gasteiger partial charge in [-0.2, -0.15) is 4.99 Å². The van der Waals surface area contributed by atoms with Gasteiger partial charge in [0, 0.05) is 28.2 Å². The fourth-order valence-electron chi connectivity index (χ4n) is 3.45. The molecule has 5 nitrogen and oxygen atoms in total. The van der Waals surface area contributed by atoms with Gasteiger partial charge < -0.3 is 15.2 Å². The Hall–Kier alpha value is -3.08. The van der Waals surface area contributed by atoms with E-state index in [2.05, 4.69) is 30.7 Å². The molecule has 3 aromatic rings. The molecule has 0 saturated heterocycles. The van der Waals surface area contributed by atoms with Crippen molar-refractivity contribution in [3.63, 3.8) is 0 Å². The first-order chi connectivity index (χ1) is 13.4. The number of hydrogen-bond donors (Lipinski definition) is 4. The Balaban J connectivity index is 2.21. The normalized spacial score (nSPS) is 13.1. The van der Waals surface area contributed by atoms with Crippen LogP contribution in [0.5, 0.6) is 5.75 Å². The van der Waals surface area contributed by atoms with Gasteiger partial charge in [0.15, 0.2) is 5.56 Å². The number of rotatable bonds is 2. The average Bonchev–Trinajstić information content (AvgIpc) is 2.60. The lowest BCUT2D eigenvalue weighted by Crippen LogP contribution is -2.68. The molecule has 2 aromatic carbocycles. The first kappa shape index (κ1) is 20.6. The molecular formula is C24H29N2O3+. The molecule has 0 unspecified atom stereocenters. The van der Waals surface area contributed by atoms with Crippen LogP contribution in [0.2, 0.25) is 0 Å². The molecule has 0 amide bonds. The minimum absolute atomic E-state index is 0.142. The number of phenols is 1. The summed E-state index contributed by atoms with van der Waals surface area (Å²) in [6, 6.07) is 10.7. The molecule has 0 radical (unpaired) electrons. The van der Waals surface area contributed by atoms with E-state index in [0.29, 0.717) is 16.6 Å². The maximum absolute atomic E-state index is 12.8. The number of aliphatic hydroxyl groups excluding tert-OH is 1. The van der Waals surface area contributed by atoms with Crippen molar-refractivity contribution in [3.05, 3.63) is 69.5 Å². The second-order valence-electron chi connectivity index (χ2n) is 9.47. The van der Waals surface area contributed by atoms with Gasteiger partial charge >= 0.3 is 5.90 Å². The highest BCUT2D eigenvalue weighted by Gasteiger charge is 2.28. The topological polar surface area (TPSA) is 87.3 Å². The minimum Gasteiger partial charge on any atom is -0.507 e. The molecule has 0 saturated carbocycles. The highest BCUT2D eigenvalue weighted by Crippen LogP contribution is 2.37. The molecule has 0 spiro atoms. The van der Waals surface area contributed by atoms with Crippen LogP contribution < -0.4 is 10.4 Å². The van der Waals surface area contributed by atoms with E-state index in [9.17, 15) is 15.0 Å². The molecule has 1 heterocycles. The van der Waals surface area contributed by atoms with Gasteiger partial charge in [-0.25, -0.2) is 0 Å². The Morgan fingerprint density at radius 3 is 2.21 bits per heavy atom. The van der Waals surface area contributed by atoms with E-state index < -0.39 is 0 Å². The molecule has 4 N–H and O–H groups in total. The number of hydrogen-bond acceptors (Lipinski definition) is 2. The fraction of sp³-hybridized carbons (Fsp3) is 0.333. The van der Waals surface area contributed by atoms with E-state index >= 15 is 0 Å². The molecule has 152 valence electrons. The first-order valence-corrected chi connectivity index (χ1v) is 9.71. The second kappa shape index (κ2) is 7.07. The molecule has 0 aliphatic rings. The maximum atomic E-state index is 12.8. The summed E-state index contributed by atoms with van der Waals surface area (Å²) in [7, 11) is 0. The zero-order valence-electron chi connectivity index (χ0n) is 17.8. The highest BCUT2D eigenvalue weighted by molar-refractivity contribution is 5.92. The van der Waals surface area contributed by atoms with Crippen molar-refractivity contribution in [2.75, 3.05) is 0 Å². The number of H-pyrrole nitrogens is 1. The smallest absolute Gasteiger partial charge is 0.377 e. The van der Waals surface area contributed by atoms with Gasteiger partial charge in [-0.1, -0.05) is 53.7 Å². The quantitative estimate of drug-likeness (QED) is 0.397. The summed E-state index contributed by atoms with van der Waals surface area (Å²) in [5.74, 6) is -0.112. The van der Waals surface area contributed by atoms with E-state index in [4.69, 9.17) is 0 Å². The van der Waals surface area contributed by atoms with Crippen LogP contribution in [0, 0.1) is 0 Å². The molecular weight excluding hydrogens is 364 g/mol. The van der Waals surface area contributed by atoms with Gasteiger partial charge in [0.25, 0.3) is 0 Å². The van der Waals surface area contributed by atoms with Crippen LogP contribution in [0.4, 0.5) is 5.69 Å². The third kappa shape index (κ3) is 4.04. The Labute approximate surface area is 170 Å². The van der Waals surface area contributed by atoms with Gasteiger partial charge in [-0.15, -0.1) is 0 Å². The third-order valence-electron chi connectivity index (χ3n) is 5.05. The van der Waals surface area contributed by atoms with Gasteiger partial charge in [0.2, 0.25) is 11.1 Å². The summed E-state index contributed by atoms with van der Waals surface area (Å²) in [6.07, 6.45) is 1.49. The predicted molar refractivity (Wildman–Crippen MR) is 117 cm³/mol. The summed E-state index contributed by atoms with van der Waals surface area (Å²) >= 11 is 0. The van der Waals surface area contributed by atoms with Crippen LogP contribution in [0.1, 0.15) is 58.2 Å². The summed E-state index contributed by atoms with van der Waals surface area (Å²) < 4.78 is 0. The van der Waals surface area contributed by atoms with E-state index in [0.717, 1.165) is 11.1 Å². The maximum Gasteiger partial charge on any atom is 0.377 e. The lowest BCUT2D eigenvalue weighted by molar-refractivity contribution is -0.365. The van der Waals surface area contributed by atoms with Crippen LogP contribution in [0.25, 0.3) is 10.9 Å². The van der Waals surface area contributed by atoms with Crippen LogP contribution in [0.3, 0.4) is 0 Å². The molecule has 0 atom stereocenters. The predicted octanol–water partition coefficient (Wildman–Crippen LogP) is 3.55. The molecule has 0 bridgehead atoms. The number of benzene rings is 2. The summed E-state index contributed by atoms with van der Waals surface area (Å²) in [5, 5.41) is 21.8. The SMILES string of the molecule is CC(C)(C)c1cc(C(C)(C)C)c([NH+]=C(O)c2c[nH]c3ccccc3c2=O)cc1O. The Morgan fingerprint density at radius 2 is 1.59 bits per heavy atom. The fourth-order valence-corrected chi connectivity index (χ4v) is 3.45. The van der Waals surface area contributed by atoms with Crippen LogP contribution in [-0.4, -0.2) is 21.1 Å². The summed E-state index contributed by atoms with van der Waals surface area (Å²) in [5.41, 5.74) is 2.43. The summed E-state index contributed by atoms with van der Waals surface area (Å²) in [6.45, 7) is 12.3. The number of pyridine rings is 1. The number of phenolic OH excluding ortho intramolecular Hbond substituents is 1. The van der Waals surface area contributed by atoms with Gasteiger partial charge in [-0.05, 0) is 29.0 Å². The molecule has 5 heteroatoms. The number of nitrogens with one attached hydrogen (secondary N) is 2. The number of aromatic hydroxyl groups is 1. The average molecular weight is 394 g/mol. The number of aromatic nitrogens is 1. The molecule has 0 aliphatic heterocycles. The first-order valence-electron chi connectivity index (χ1n) is 9.71. The van der Waals surface area contributed by atoms with Crippen molar-refractivity contribution in [1.29, 1.82) is 0 Å². The number of aromatic amines is 1. The third-order valence-corrected chi connectivity index (χ3v) is 5.05. The largest absolute Gasteiger partial charge is 0.507 e. The zero-order chi connectivity index (χ0) is 21.6. The summed E-state index contributed by atoms with van der Waals surface area (Å²) in [4.78, 5) is 18.8. The Bertz CT molecular complexity index is 1160. The van der Waals surface area contributed by atoms with Gasteiger partial charge in [0.05, 0.1) is 6.07 Å². The second-order valence-corrected chi connectivity index (χ2v) is 9.47. The standard InChI is InChI=1S/C24H28N2O3/c1-23(2,3)16-11-17(24(4,5)6)20(27)12-19(16)26-22(29)15-13-25-18-10-8-7-9-14(18)21(15)28/h7-13,27H,1-6H3,(H,25,28)(H,26,29)/p+1. The van der Waals surface area contributed by atoms with Crippen molar-refractivity contribution >= 4 is 22.5 Å². The highest BCUT2D eigenvalue weighted by atomic mass is 16.3. The lowest BCUT2D eigenvalue weighted by atomic mass is 9.79. The van der Waals surface area contributed by atoms with Crippen molar-refractivity contribution in [3.8, 4) is 5.75 Å². The molecule has 0 aliphatic carbocycles. The molecule has 1 aromatic heterocycles. The van der Waals surface area contributed by atoms with Crippen molar-refractivity contribution in [2.45, 2.75) is 52.4 Å². The molecule has 0 fully saturated rings. The Kier molecular flexibility index (Phi) is 5.03. The number of aliphatic hydroxyl groups is 1. The molecule has 3 rings (SSSR count). The van der Waals surface area contributed by atoms with Gasteiger partial charge in [-0.3, -0.25) is 4.79 Å².